The van der Waals surface area contributed by atoms with Crippen LogP contribution in [0.15, 0.2) is 30.3 Å². The van der Waals surface area contributed by atoms with Gasteiger partial charge in [0.15, 0.2) is 0 Å². The number of rotatable bonds is 2. The summed E-state index contributed by atoms with van der Waals surface area (Å²) in [7, 11) is -3.22. The number of hydrogen-bond acceptors (Lipinski definition) is 3. The van der Waals surface area contributed by atoms with Crippen molar-refractivity contribution >= 4 is 10.0 Å². The summed E-state index contributed by atoms with van der Waals surface area (Å²) in [4.78, 5) is 0. The van der Waals surface area contributed by atoms with Gasteiger partial charge in [0.2, 0.25) is 10.0 Å². The molecular formula is C13H19NO3S. The van der Waals surface area contributed by atoms with Crippen LogP contribution in [0.1, 0.15) is 25.5 Å². The fraction of sp³-hybridized carbons (Fsp3) is 0.538. The molecule has 2 rings (SSSR count). The quantitative estimate of drug-likeness (QED) is 0.822. The molecule has 0 N–H and O–H groups in total. The average molecular weight is 269 g/mol. The minimum Gasteiger partial charge on any atom is -0.370 e. The molecule has 1 aromatic carbocycles. The van der Waals surface area contributed by atoms with E-state index < -0.39 is 15.6 Å². The summed E-state index contributed by atoms with van der Waals surface area (Å²) in [6.07, 6.45) is 1.07. The van der Waals surface area contributed by atoms with Crippen molar-refractivity contribution in [3.8, 4) is 0 Å². The Morgan fingerprint density at radius 2 is 1.89 bits per heavy atom. The van der Waals surface area contributed by atoms with E-state index in [1.807, 2.05) is 44.2 Å². The van der Waals surface area contributed by atoms with Crippen molar-refractivity contribution in [2.24, 2.45) is 0 Å². The Balaban J connectivity index is 2.26. The lowest BCUT2D eigenvalue weighted by Gasteiger charge is -2.43. The molecular weight excluding hydrogens is 250 g/mol. The van der Waals surface area contributed by atoms with E-state index in [4.69, 9.17) is 4.74 Å². The van der Waals surface area contributed by atoms with Crippen LogP contribution < -0.4 is 0 Å². The molecule has 1 atom stereocenters. The Kier molecular flexibility index (Phi) is 3.49. The van der Waals surface area contributed by atoms with Crippen molar-refractivity contribution in [2.75, 3.05) is 19.4 Å². The highest BCUT2D eigenvalue weighted by molar-refractivity contribution is 7.88. The molecule has 0 saturated carbocycles. The van der Waals surface area contributed by atoms with Gasteiger partial charge in [0.25, 0.3) is 0 Å². The van der Waals surface area contributed by atoms with Gasteiger partial charge in [0.1, 0.15) is 0 Å². The maximum absolute atomic E-state index is 11.8. The molecule has 1 aliphatic rings. The topological polar surface area (TPSA) is 46.6 Å². The highest BCUT2D eigenvalue weighted by Crippen LogP contribution is 2.31. The molecule has 100 valence electrons. The molecule has 0 aromatic heterocycles. The normalized spacial score (nSPS) is 24.9. The first-order chi connectivity index (χ1) is 8.31. The van der Waals surface area contributed by atoms with E-state index in [1.165, 1.54) is 10.6 Å². The number of benzene rings is 1. The van der Waals surface area contributed by atoms with Crippen LogP contribution in [0, 0.1) is 0 Å². The van der Waals surface area contributed by atoms with Crippen LogP contribution in [0.3, 0.4) is 0 Å². The third-order valence-corrected chi connectivity index (χ3v) is 4.66. The van der Waals surface area contributed by atoms with Crippen LogP contribution in [0.2, 0.25) is 0 Å². The second kappa shape index (κ2) is 4.64. The van der Waals surface area contributed by atoms with Gasteiger partial charge in [-0.1, -0.05) is 30.3 Å². The van der Waals surface area contributed by atoms with E-state index in [1.54, 1.807) is 0 Å². The molecule has 1 unspecified atom stereocenters. The Bertz CT molecular complexity index is 510. The zero-order valence-electron chi connectivity index (χ0n) is 11.0. The van der Waals surface area contributed by atoms with E-state index in [2.05, 4.69) is 0 Å². The van der Waals surface area contributed by atoms with Gasteiger partial charge in [-0.15, -0.1) is 0 Å². The Labute approximate surface area is 109 Å². The first-order valence-corrected chi connectivity index (χ1v) is 7.80. The van der Waals surface area contributed by atoms with Crippen LogP contribution in [-0.2, 0) is 14.8 Å². The maximum atomic E-state index is 11.8. The molecule has 1 aliphatic heterocycles. The SMILES string of the molecule is CC1(C)COC(c2ccccc2)CN1S(C)(=O)=O. The molecule has 0 bridgehead atoms. The molecule has 0 amide bonds. The summed E-state index contributed by atoms with van der Waals surface area (Å²) in [5.41, 5.74) is 0.528. The first kappa shape index (κ1) is 13.5. The van der Waals surface area contributed by atoms with Crippen LogP contribution in [0.5, 0.6) is 0 Å². The summed E-state index contributed by atoms with van der Waals surface area (Å²) in [5, 5.41) is 0. The number of hydrogen-bond donors (Lipinski definition) is 0. The van der Waals surface area contributed by atoms with Crippen molar-refractivity contribution in [3.05, 3.63) is 35.9 Å². The standard InChI is InChI=1S/C13H19NO3S/c1-13(2)10-17-12(9-14(13)18(3,15)16)11-7-5-4-6-8-11/h4-8,12H,9-10H2,1-3H3. The Hall–Kier alpha value is -0.910. The van der Waals surface area contributed by atoms with Gasteiger partial charge in [-0.2, -0.15) is 4.31 Å². The Morgan fingerprint density at radius 3 is 2.44 bits per heavy atom. The second-order valence-corrected chi connectivity index (χ2v) is 7.22. The van der Waals surface area contributed by atoms with Crippen molar-refractivity contribution in [3.63, 3.8) is 0 Å². The fourth-order valence-electron chi connectivity index (χ4n) is 2.28. The fourth-order valence-corrected chi connectivity index (χ4v) is 3.64. The molecule has 4 nitrogen and oxygen atoms in total. The number of sulfonamides is 1. The summed E-state index contributed by atoms with van der Waals surface area (Å²) >= 11 is 0. The lowest BCUT2D eigenvalue weighted by Crippen LogP contribution is -2.55. The highest BCUT2D eigenvalue weighted by atomic mass is 32.2. The van der Waals surface area contributed by atoms with Gasteiger partial charge in [0, 0.05) is 6.54 Å². The smallest absolute Gasteiger partial charge is 0.211 e. The first-order valence-electron chi connectivity index (χ1n) is 5.95. The molecule has 5 heteroatoms. The maximum Gasteiger partial charge on any atom is 0.211 e. The van der Waals surface area contributed by atoms with E-state index in [0.29, 0.717) is 13.2 Å². The third-order valence-electron chi connectivity index (χ3n) is 3.22. The molecule has 1 heterocycles. The molecule has 18 heavy (non-hydrogen) atoms. The highest BCUT2D eigenvalue weighted by Gasteiger charge is 2.40. The monoisotopic (exact) mass is 269 g/mol. The zero-order chi connectivity index (χ0) is 13.4. The van der Waals surface area contributed by atoms with Gasteiger partial charge < -0.3 is 4.74 Å². The van der Waals surface area contributed by atoms with E-state index in [0.717, 1.165) is 5.56 Å². The minimum atomic E-state index is -3.22. The number of morpholine rings is 1. The van der Waals surface area contributed by atoms with Gasteiger partial charge in [-0.25, -0.2) is 8.42 Å². The molecule has 0 spiro atoms. The van der Waals surface area contributed by atoms with Gasteiger partial charge in [0.05, 0.1) is 24.5 Å². The number of nitrogens with zero attached hydrogens (tertiary/aromatic N) is 1. The number of ether oxygens (including phenoxy) is 1. The Morgan fingerprint density at radius 1 is 1.28 bits per heavy atom. The summed E-state index contributed by atoms with van der Waals surface area (Å²) < 4.78 is 31.0. The van der Waals surface area contributed by atoms with Crippen LogP contribution in [0.4, 0.5) is 0 Å². The molecule has 0 radical (unpaired) electrons. The lowest BCUT2D eigenvalue weighted by atomic mass is 10.0. The van der Waals surface area contributed by atoms with Crippen molar-refractivity contribution in [1.82, 2.24) is 4.31 Å². The van der Waals surface area contributed by atoms with E-state index in [9.17, 15) is 8.42 Å². The van der Waals surface area contributed by atoms with Crippen molar-refractivity contribution < 1.29 is 13.2 Å². The molecule has 0 aliphatic carbocycles. The molecule has 1 saturated heterocycles. The van der Waals surface area contributed by atoms with Gasteiger partial charge >= 0.3 is 0 Å². The zero-order valence-corrected chi connectivity index (χ0v) is 11.8. The molecule has 1 aromatic rings. The van der Waals surface area contributed by atoms with Gasteiger partial charge in [-0.05, 0) is 19.4 Å². The predicted molar refractivity (Wildman–Crippen MR) is 70.8 cm³/mol. The van der Waals surface area contributed by atoms with Gasteiger partial charge in [-0.3, -0.25) is 0 Å². The minimum absolute atomic E-state index is 0.186. The average Bonchev–Trinajstić information content (AvgIpc) is 2.28. The van der Waals surface area contributed by atoms with E-state index in [-0.39, 0.29) is 6.10 Å². The predicted octanol–water partition coefficient (Wildman–Crippen LogP) is 1.80. The lowest BCUT2D eigenvalue weighted by molar-refractivity contribution is -0.0652. The van der Waals surface area contributed by atoms with E-state index >= 15 is 0 Å². The third kappa shape index (κ3) is 2.74. The summed E-state index contributed by atoms with van der Waals surface area (Å²) in [6.45, 7) is 4.54. The molecule has 1 fully saturated rings. The van der Waals surface area contributed by atoms with Crippen molar-refractivity contribution in [2.45, 2.75) is 25.5 Å². The second-order valence-electron chi connectivity index (χ2n) is 5.32. The summed E-state index contributed by atoms with van der Waals surface area (Å²) in [5.74, 6) is 0. The largest absolute Gasteiger partial charge is 0.370 e. The summed E-state index contributed by atoms with van der Waals surface area (Å²) in [6, 6.07) is 9.73. The van der Waals surface area contributed by atoms with Crippen LogP contribution in [-0.4, -0.2) is 37.7 Å². The van der Waals surface area contributed by atoms with Crippen LogP contribution >= 0.6 is 0 Å². The van der Waals surface area contributed by atoms with Crippen LogP contribution in [0.25, 0.3) is 0 Å². The van der Waals surface area contributed by atoms with Crippen molar-refractivity contribution in [1.29, 1.82) is 0 Å².